The highest BCUT2D eigenvalue weighted by atomic mass is 28.4. The minimum Gasteiger partial charge on any atom is -0.497 e. The van der Waals surface area contributed by atoms with Crippen LogP contribution < -0.4 is 15.0 Å². The lowest BCUT2D eigenvalue weighted by atomic mass is 9.82. The lowest BCUT2D eigenvalue weighted by Gasteiger charge is -2.31. The van der Waals surface area contributed by atoms with E-state index < -0.39 is 31.6 Å². The topological polar surface area (TPSA) is 108 Å². The predicted octanol–water partition coefficient (Wildman–Crippen LogP) is 5.64. The zero-order valence-electron chi connectivity index (χ0n) is 27.2. The number of aliphatic hydroxyl groups excluding tert-OH is 1. The van der Waals surface area contributed by atoms with Gasteiger partial charge < -0.3 is 33.8 Å². The largest absolute Gasteiger partial charge is 0.497 e. The molecule has 3 aliphatic rings. The summed E-state index contributed by atoms with van der Waals surface area (Å²) in [6.07, 6.45) is 0.742. The van der Waals surface area contributed by atoms with E-state index in [0.717, 1.165) is 18.4 Å². The number of para-hydroxylation sites is 1. The Bertz CT molecular complexity index is 1650. The molecule has 11 heteroatoms. The quantitative estimate of drug-likeness (QED) is 0.227. The first kappa shape index (κ1) is 32.9. The molecule has 0 unspecified atom stereocenters. The molecule has 47 heavy (non-hydrogen) atoms. The molecule has 0 aliphatic carbocycles. The number of carbonyl (C=O) groups excluding carboxylic acids is 3. The molecule has 248 valence electrons. The van der Waals surface area contributed by atoms with Gasteiger partial charge >= 0.3 is 0 Å². The maximum atomic E-state index is 16.2. The molecule has 0 radical (unpaired) electrons. The summed E-state index contributed by atoms with van der Waals surface area (Å²) in [5, 5.41) is 12.7. The Morgan fingerprint density at radius 2 is 1.79 bits per heavy atom. The Hall–Kier alpha value is -4.06. The summed E-state index contributed by atoms with van der Waals surface area (Å²) in [6, 6.07) is 21.4. The lowest BCUT2D eigenvalue weighted by Crippen LogP contribution is -2.45. The number of nitrogens with one attached hydrogen (secondary N) is 1. The molecule has 5 atom stereocenters. The summed E-state index contributed by atoms with van der Waals surface area (Å²) in [7, 11) is -1.86. The van der Waals surface area contributed by atoms with E-state index in [9.17, 15) is 19.5 Å². The molecule has 2 N–H and O–H groups in total. The van der Waals surface area contributed by atoms with Gasteiger partial charge in [-0.25, -0.2) is 0 Å². The van der Waals surface area contributed by atoms with Crippen molar-refractivity contribution in [3.8, 4) is 5.75 Å². The van der Waals surface area contributed by atoms with Crippen LogP contribution in [0.1, 0.15) is 47.7 Å². The number of carbonyl (C=O) groups is 3. The van der Waals surface area contributed by atoms with Gasteiger partial charge in [-0.3, -0.25) is 14.4 Å². The number of benzene rings is 3. The zero-order valence-corrected chi connectivity index (χ0v) is 28.2. The van der Waals surface area contributed by atoms with Crippen LogP contribution in [0.3, 0.4) is 0 Å². The van der Waals surface area contributed by atoms with Crippen LogP contribution in [0, 0.1) is 5.92 Å². The van der Waals surface area contributed by atoms with E-state index in [1.807, 2.05) is 43.3 Å². The highest BCUT2D eigenvalue weighted by Gasteiger charge is 2.67. The second-order valence-corrected chi connectivity index (χ2v) is 17.1. The van der Waals surface area contributed by atoms with E-state index in [2.05, 4.69) is 5.32 Å². The van der Waals surface area contributed by atoms with Gasteiger partial charge in [-0.05, 0) is 74.0 Å². The van der Waals surface area contributed by atoms with Crippen LogP contribution in [-0.2, 0) is 26.5 Å². The normalized spacial score (nSPS) is 25.4. The van der Waals surface area contributed by atoms with E-state index in [1.165, 1.54) is 0 Å². The highest BCUT2D eigenvalue weighted by Crippen LogP contribution is 2.60. The van der Waals surface area contributed by atoms with Crippen LogP contribution in [0.4, 0.5) is 15.5 Å². The van der Waals surface area contributed by atoms with Gasteiger partial charge in [0, 0.05) is 34.8 Å². The Balaban J connectivity index is 1.23. The van der Waals surface area contributed by atoms with Crippen molar-refractivity contribution in [2.24, 2.45) is 5.92 Å². The van der Waals surface area contributed by atoms with Crippen LogP contribution >= 0.6 is 0 Å². The van der Waals surface area contributed by atoms with Crippen LogP contribution in [0.15, 0.2) is 72.8 Å². The van der Waals surface area contributed by atoms with Crippen molar-refractivity contribution in [2.45, 2.75) is 69.1 Å². The molecular formula is C36H42FN3O6Si. The molecule has 3 aliphatic heterocycles. The number of anilines is 2. The monoisotopic (exact) mass is 659 g/mol. The first-order chi connectivity index (χ1) is 22.5. The van der Waals surface area contributed by atoms with Crippen molar-refractivity contribution < 1.29 is 33.1 Å². The van der Waals surface area contributed by atoms with Crippen molar-refractivity contribution >= 4 is 37.5 Å². The van der Waals surface area contributed by atoms with Crippen molar-refractivity contribution in [3.63, 3.8) is 0 Å². The van der Waals surface area contributed by atoms with Crippen LogP contribution in [0.25, 0.3) is 0 Å². The molecular weight excluding hydrogens is 617 g/mol. The third-order valence-electron chi connectivity index (χ3n) is 10.1. The summed E-state index contributed by atoms with van der Waals surface area (Å²) < 4.78 is 28.0. The van der Waals surface area contributed by atoms with Gasteiger partial charge in [0.1, 0.15) is 5.75 Å². The maximum absolute atomic E-state index is 16.2. The van der Waals surface area contributed by atoms with Crippen molar-refractivity contribution in [2.75, 3.05) is 30.5 Å². The third kappa shape index (κ3) is 5.96. The Labute approximate surface area is 275 Å². The van der Waals surface area contributed by atoms with Crippen LogP contribution in [-0.4, -0.2) is 68.5 Å². The van der Waals surface area contributed by atoms with Crippen LogP contribution in [0.2, 0.25) is 18.6 Å². The fraction of sp³-hybridized carbons (Fsp3) is 0.417. The maximum Gasteiger partial charge on any atom is 0.264 e. The van der Waals surface area contributed by atoms with E-state index >= 15 is 4.11 Å². The van der Waals surface area contributed by atoms with E-state index in [4.69, 9.17) is 9.47 Å². The van der Waals surface area contributed by atoms with Gasteiger partial charge in [0.25, 0.3) is 11.8 Å². The van der Waals surface area contributed by atoms with E-state index in [0.29, 0.717) is 34.8 Å². The zero-order chi connectivity index (χ0) is 33.5. The number of ether oxygens (including phenoxy) is 2. The summed E-state index contributed by atoms with van der Waals surface area (Å²) in [6.45, 7) is 5.82. The van der Waals surface area contributed by atoms with Crippen molar-refractivity contribution in [3.05, 3.63) is 89.5 Å². The van der Waals surface area contributed by atoms with Gasteiger partial charge in [-0.1, -0.05) is 37.3 Å². The number of hydrogen-bond donors (Lipinski definition) is 2. The number of amides is 3. The number of rotatable bonds is 9. The highest BCUT2D eigenvalue weighted by molar-refractivity contribution is 6.72. The number of halogens is 1. The molecule has 1 spiro atoms. The molecule has 3 aromatic carbocycles. The van der Waals surface area contributed by atoms with Gasteiger partial charge in [0.15, 0.2) is 5.60 Å². The minimum atomic E-state index is -3.43. The minimum absolute atomic E-state index is 0.0350. The second kappa shape index (κ2) is 12.9. The number of methoxy groups -OCH3 is 1. The molecule has 0 saturated carbocycles. The average molecular weight is 660 g/mol. The lowest BCUT2D eigenvalue weighted by molar-refractivity contribution is -0.150. The van der Waals surface area contributed by atoms with Crippen molar-refractivity contribution in [1.29, 1.82) is 0 Å². The Morgan fingerprint density at radius 1 is 1.09 bits per heavy atom. The second-order valence-electron chi connectivity index (χ2n) is 13.3. The Kier molecular flexibility index (Phi) is 8.99. The molecule has 6 rings (SSSR count). The SMILES string of the molecule is COc1ccc(C(=O)Nc2ccc(CN3C(=O)[C@]4(O[C@H](CC(=O)N5CCC[C@H]5CO)[C@@H]([Si](C)(C)F)[C@@H]4C)c4ccccc43)cc2)cc1. The van der Waals surface area contributed by atoms with Crippen LogP contribution in [0.5, 0.6) is 5.75 Å². The first-order valence-corrected chi connectivity index (χ1v) is 19.2. The average Bonchev–Trinajstić information content (AvgIpc) is 3.72. The predicted molar refractivity (Wildman–Crippen MR) is 180 cm³/mol. The number of hydrogen-bond acceptors (Lipinski definition) is 6. The smallest absolute Gasteiger partial charge is 0.264 e. The molecule has 3 amide bonds. The third-order valence-corrected chi connectivity index (χ3v) is 12.5. The molecule has 2 saturated heterocycles. The number of aliphatic hydroxyl groups is 1. The number of fused-ring (bicyclic) bond motifs is 2. The summed E-state index contributed by atoms with van der Waals surface area (Å²) in [4.78, 5) is 44.2. The van der Waals surface area contributed by atoms with Crippen molar-refractivity contribution in [1.82, 2.24) is 4.90 Å². The Morgan fingerprint density at radius 3 is 2.45 bits per heavy atom. The van der Waals surface area contributed by atoms with E-state index in [-0.39, 0.29) is 43.3 Å². The molecule has 2 fully saturated rings. The molecule has 0 aromatic heterocycles. The summed E-state index contributed by atoms with van der Waals surface area (Å²) >= 11 is 0. The van der Waals surface area contributed by atoms with Gasteiger partial charge in [-0.2, -0.15) is 0 Å². The first-order valence-electron chi connectivity index (χ1n) is 16.2. The number of likely N-dealkylation sites (tertiary alicyclic amines) is 1. The van der Waals surface area contributed by atoms with Gasteiger partial charge in [-0.15, -0.1) is 0 Å². The summed E-state index contributed by atoms with van der Waals surface area (Å²) in [5.74, 6) is -0.536. The molecule has 9 nitrogen and oxygen atoms in total. The molecule has 3 heterocycles. The van der Waals surface area contributed by atoms with Gasteiger partial charge in [0.2, 0.25) is 14.3 Å². The van der Waals surface area contributed by atoms with E-state index in [1.54, 1.807) is 66.4 Å². The number of nitrogens with zero attached hydrogens (tertiary/aromatic N) is 2. The standard InChI is InChI=1S/C36H42FN3O6Si/c1-23-33(47(3,4)37)31(20-32(42)39-19-7-8-27(39)22-41)46-36(23)29-9-5-6-10-30(29)40(35(36)44)21-24-11-15-26(16-12-24)38-34(43)25-13-17-28(45-2)18-14-25/h5-6,9-18,23,27,31,33,41H,7-8,19-22H2,1-4H3,(H,38,43)/t23-,27-,31+,33-,36+/m0/s1. The molecule has 3 aromatic rings. The van der Waals surface area contributed by atoms with Gasteiger partial charge in [0.05, 0.1) is 44.5 Å². The fourth-order valence-corrected chi connectivity index (χ4v) is 10.3. The summed E-state index contributed by atoms with van der Waals surface area (Å²) in [5.41, 5.74) is 1.32. The fourth-order valence-electron chi connectivity index (χ4n) is 7.82. The molecule has 0 bridgehead atoms.